The van der Waals surface area contributed by atoms with Gasteiger partial charge < -0.3 is 20.1 Å². The van der Waals surface area contributed by atoms with Gasteiger partial charge in [-0.15, -0.1) is 0 Å². The van der Waals surface area contributed by atoms with Gasteiger partial charge in [0.1, 0.15) is 0 Å². The predicted molar refractivity (Wildman–Crippen MR) is 80.6 cm³/mol. The van der Waals surface area contributed by atoms with E-state index in [4.69, 9.17) is 9.84 Å². The Hall–Kier alpha value is -2.34. The molecule has 1 saturated heterocycles. The van der Waals surface area contributed by atoms with E-state index in [0.717, 1.165) is 16.5 Å². The van der Waals surface area contributed by atoms with Gasteiger partial charge in [-0.3, -0.25) is 9.59 Å². The molecule has 0 spiro atoms. The molecule has 2 heterocycles. The zero-order valence-corrected chi connectivity index (χ0v) is 12.1. The second-order valence-electron chi connectivity index (χ2n) is 5.74. The number of hydrogen-bond donors (Lipinski definition) is 3. The summed E-state index contributed by atoms with van der Waals surface area (Å²) in [5.74, 6) is -1.12. The SMILES string of the molecule is O=C(O)CC1(NC(=O)Cc2c[nH]c3ccccc23)CCOC1. The number of carboxylic acids is 1. The molecule has 0 aliphatic carbocycles. The number of aromatic nitrogens is 1. The first-order valence-corrected chi connectivity index (χ1v) is 7.24. The molecule has 1 aliphatic heterocycles. The van der Waals surface area contributed by atoms with Crippen LogP contribution < -0.4 is 5.32 Å². The zero-order valence-electron chi connectivity index (χ0n) is 12.1. The predicted octanol–water partition coefficient (Wildman–Crippen LogP) is 1.46. The van der Waals surface area contributed by atoms with Crippen molar-refractivity contribution < 1.29 is 19.4 Å². The van der Waals surface area contributed by atoms with Crippen LogP contribution in [-0.4, -0.2) is 40.7 Å². The Balaban J connectivity index is 1.72. The van der Waals surface area contributed by atoms with Crippen molar-refractivity contribution in [2.24, 2.45) is 0 Å². The lowest BCUT2D eigenvalue weighted by Gasteiger charge is -2.27. The van der Waals surface area contributed by atoms with Crippen LogP contribution in [0.1, 0.15) is 18.4 Å². The molecule has 116 valence electrons. The van der Waals surface area contributed by atoms with Gasteiger partial charge in [0.25, 0.3) is 0 Å². The molecule has 0 bridgehead atoms. The van der Waals surface area contributed by atoms with Gasteiger partial charge in [0.15, 0.2) is 0 Å². The summed E-state index contributed by atoms with van der Waals surface area (Å²) >= 11 is 0. The van der Waals surface area contributed by atoms with Gasteiger partial charge in [-0.05, 0) is 18.1 Å². The summed E-state index contributed by atoms with van der Waals surface area (Å²) in [4.78, 5) is 26.5. The fraction of sp³-hybridized carbons (Fsp3) is 0.375. The first-order valence-electron chi connectivity index (χ1n) is 7.24. The van der Waals surface area contributed by atoms with E-state index in [0.29, 0.717) is 13.0 Å². The van der Waals surface area contributed by atoms with E-state index in [1.165, 1.54) is 0 Å². The molecule has 1 aromatic carbocycles. The maximum atomic E-state index is 12.3. The molecule has 1 aliphatic rings. The molecule has 1 fully saturated rings. The summed E-state index contributed by atoms with van der Waals surface area (Å²) < 4.78 is 5.28. The third-order valence-corrected chi connectivity index (χ3v) is 4.02. The first-order chi connectivity index (χ1) is 10.6. The summed E-state index contributed by atoms with van der Waals surface area (Å²) in [6.45, 7) is 0.722. The van der Waals surface area contributed by atoms with E-state index in [9.17, 15) is 9.59 Å². The Bertz CT molecular complexity index is 701. The molecule has 6 heteroatoms. The lowest BCUT2D eigenvalue weighted by molar-refractivity contribution is -0.139. The van der Waals surface area contributed by atoms with Crippen molar-refractivity contribution in [3.8, 4) is 0 Å². The number of aromatic amines is 1. The lowest BCUT2D eigenvalue weighted by Crippen LogP contribution is -2.51. The lowest BCUT2D eigenvalue weighted by atomic mass is 9.94. The number of carbonyl (C=O) groups is 2. The van der Waals surface area contributed by atoms with Gasteiger partial charge in [-0.25, -0.2) is 0 Å². The van der Waals surface area contributed by atoms with Crippen molar-refractivity contribution in [2.45, 2.75) is 24.8 Å². The normalized spacial score (nSPS) is 21.1. The number of aliphatic carboxylic acids is 1. The standard InChI is InChI=1S/C16H18N2O4/c19-14(18-16(8-15(20)21)5-6-22-10-16)7-11-9-17-13-4-2-1-3-12(11)13/h1-4,9,17H,5-8,10H2,(H,18,19)(H,20,21). The average molecular weight is 302 g/mol. The van der Waals surface area contributed by atoms with Gasteiger partial charge in [0.2, 0.25) is 5.91 Å². The minimum atomic E-state index is -0.933. The summed E-state index contributed by atoms with van der Waals surface area (Å²) in [5.41, 5.74) is 1.10. The van der Waals surface area contributed by atoms with Crippen molar-refractivity contribution in [1.82, 2.24) is 10.3 Å². The number of carbonyl (C=O) groups excluding carboxylic acids is 1. The van der Waals surface area contributed by atoms with Crippen LogP contribution >= 0.6 is 0 Å². The minimum Gasteiger partial charge on any atom is -0.481 e. The van der Waals surface area contributed by atoms with Crippen LogP contribution in [0.2, 0.25) is 0 Å². The molecule has 6 nitrogen and oxygen atoms in total. The van der Waals surface area contributed by atoms with Crippen molar-refractivity contribution in [3.05, 3.63) is 36.0 Å². The van der Waals surface area contributed by atoms with Gasteiger partial charge in [0, 0.05) is 23.7 Å². The monoisotopic (exact) mass is 302 g/mol. The number of hydrogen-bond acceptors (Lipinski definition) is 3. The van der Waals surface area contributed by atoms with Crippen molar-refractivity contribution >= 4 is 22.8 Å². The number of nitrogens with one attached hydrogen (secondary N) is 2. The van der Waals surface area contributed by atoms with E-state index < -0.39 is 11.5 Å². The van der Waals surface area contributed by atoms with Crippen molar-refractivity contribution in [2.75, 3.05) is 13.2 Å². The third kappa shape index (κ3) is 2.96. The van der Waals surface area contributed by atoms with E-state index in [-0.39, 0.29) is 25.4 Å². The highest BCUT2D eigenvalue weighted by atomic mass is 16.5. The summed E-state index contributed by atoms with van der Waals surface area (Å²) in [6.07, 6.45) is 2.44. The van der Waals surface area contributed by atoms with Gasteiger partial charge in [-0.2, -0.15) is 0 Å². The molecular formula is C16H18N2O4. The number of amides is 1. The fourth-order valence-corrected chi connectivity index (χ4v) is 2.97. The molecule has 22 heavy (non-hydrogen) atoms. The van der Waals surface area contributed by atoms with Crippen LogP contribution in [0.3, 0.4) is 0 Å². The number of fused-ring (bicyclic) bond motifs is 1. The molecule has 0 radical (unpaired) electrons. The molecule has 0 saturated carbocycles. The molecule has 1 unspecified atom stereocenters. The first kappa shape index (κ1) is 14.6. The quantitative estimate of drug-likeness (QED) is 0.780. The molecule has 1 atom stereocenters. The average Bonchev–Trinajstić information content (AvgIpc) is 3.06. The molecule has 1 amide bonds. The number of ether oxygens (including phenoxy) is 1. The Morgan fingerprint density at radius 3 is 2.91 bits per heavy atom. The largest absolute Gasteiger partial charge is 0.481 e. The maximum absolute atomic E-state index is 12.3. The number of rotatable bonds is 5. The van der Waals surface area contributed by atoms with Gasteiger partial charge >= 0.3 is 5.97 Å². The van der Waals surface area contributed by atoms with Gasteiger partial charge in [0.05, 0.1) is 25.0 Å². The minimum absolute atomic E-state index is 0.118. The van der Waals surface area contributed by atoms with E-state index >= 15 is 0 Å². The van der Waals surface area contributed by atoms with E-state index in [1.807, 2.05) is 30.5 Å². The van der Waals surface area contributed by atoms with Crippen LogP contribution in [0, 0.1) is 0 Å². The molecule has 3 N–H and O–H groups in total. The third-order valence-electron chi connectivity index (χ3n) is 4.02. The zero-order chi connectivity index (χ0) is 15.6. The second-order valence-corrected chi connectivity index (χ2v) is 5.74. The van der Waals surface area contributed by atoms with Crippen molar-refractivity contribution in [3.63, 3.8) is 0 Å². The Morgan fingerprint density at radius 1 is 1.36 bits per heavy atom. The van der Waals surface area contributed by atoms with Gasteiger partial charge in [-0.1, -0.05) is 18.2 Å². The highest BCUT2D eigenvalue weighted by molar-refractivity contribution is 5.89. The van der Waals surface area contributed by atoms with Crippen LogP contribution in [-0.2, 0) is 20.7 Å². The number of carboxylic acid groups (broad SMARTS) is 1. The summed E-state index contributed by atoms with van der Waals surface area (Å²) in [7, 11) is 0. The Labute approximate surface area is 127 Å². The smallest absolute Gasteiger partial charge is 0.305 e. The Kier molecular flexibility index (Phi) is 3.85. The number of benzene rings is 1. The topological polar surface area (TPSA) is 91.4 Å². The molecule has 1 aromatic heterocycles. The van der Waals surface area contributed by atoms with Crippen molar-refractivity contribution in [1.29, 1.82) is 0 Å². The van der Waals surface area contributed by atoms with E-state index in [2.05, 4.69) is 10.3 Å². The fourth-order valence-electron chi connectivity index (χ4n) is 2.97. The Morgan fingerprint density at radius 2 is 2.18 bits per heavy atom. The summed E-state index contributed by atoms with van der Waals surface area (Å²) in [6, 6.07) is 7.77. The van der Waals surface area contributed by atoms with Crippen LogP contribution in [0.25, 0.3) is 10.9 Å². The van der Waals surface area contributed by atoms with E-state index in [1.54, 1.807) is 0 Å². The highest BCUT2D eigenvalue weighted by Crippen LogP contribution is 2.24. The summed E-state index contributed by atoms with van der Waals surface area (Å²) in [5, 5.41) is 12.9. The molecule has 3 rings (SSSR count). The number of para-hydroxylation sites is 1. The molecule has 2 aromatic rings. The van der Waals surface area contributed by atoms with Crippen LogP contribution in [0.4, 0.5) is 0 Å². The second kappa shape index (κ2) is 5.81. The van der Waals surface area contributed by atoms with Crippen LogP contribution in [0.15, 0.2) is 30.5 Å². The molecular weight excluding hydrogens is 284 g/mol. The van der Waals surface area contributed by atoms with Crippen LogP contribution in [0.5, 0.6) is 0 Å². The maximum Gasteiger partial charge on any atom is 0.305 e. The highest BCUT2D eigenvalue weighted by Gasteiger charge is 2.38. The number of H-pyrrole nitrogens is 1.